The van der Waals surface area contributed by atoms with E-state index in [1.165, 1.54) is 16.7 Å². The monoisotopic (exact) mass is 285 g/mol. The Balaban J connectivity index is 1.65. The van der Waals surface area contributed by atoms with E-state index in [1.54, 1.807) is 0 Å². The van der Waals surface area contributed by atoms with Crippen molar-refractivity contribution in [1.82, 2.24) is 4.90 Å². The van der Waals surface area contributed by atoms with Crippen LogP contribution in [0.4, 0.5) is 0 Å². The minimum atomic E-state index is 0.622. The third-order valence-corrected chi connectivity index (χ3v) is 4.48. The van der Waals surface area contributed by atoms with Crippen LogP contribution in [0.3, 0.4) is 0 Å². The van der Waals surface area contributed by atoms with Gasteiger partial charge in [0.1, 0.15) is 0 Å². The molecule has 104 valence electrons. The van der Waals surface area contributed by atoms with Gasteiger partial charge in [0.25, 0.3) is 0 Å². The molecule has 0 N–H and O–H groups in total. The van der Waals surface area contributed by atoms with Crippen molar-refractivity contribution in [2.45, 2.75) is 32.4 Å². The van der Waals surface area contributed by atoms with Crippen LogP contribution in [0.25, 0.3) is 0 Å². The van der Waals surface area contributed by atoms with Gasteiger partial charge < -0.3 is 0 Å². The number of rotatable bonds is 3. The minimum absolute atomic E-state index is 0.622. The molecule has 0 aliphatic carbocycles. The molecule has 2 aromatic carbocycles. The van der Waals surface area contributed by atoms with Crippen molar-refractivity contribution >= 4 is 11.6 Å². The highest BCUT2D eigenvalue weighted by atomic mass is 35.5. The van der Waals surface area contributed by atoms with Crippen molar-refractivity contribution in [2.24, 2.45) is 0 Å². The molecule has 1 aliphatic rings. The fraction of sp³-hybridized carbons (Fsp3) is 0.333. The van der Waals surface area contributed by atoms with Gasteiger partial charge >= 0.3 is 0 Å². The van der Waals surface area contributed by atoms with Crippen LogP contribution >= 0.6 is 11.6 Å². The van der Waals surface area contributed by atoms with E-state index in [4.69, 9.17) is 11.6 Å². The zero-order valence-corrected chi connectivity index (χ0v) is 12.6. The Kier molecular flexibility index (Phi) is 4.09. The maximum atomic E-state index is 5.93. The Hall–Kier alpha value is -1.31. The molecule has 0 saturated heterocycles. The summed E-state index contributed by atoms with van der Waals surface area (Å²) < 4.78 is 0. The van der Waals surface area contributed by atoms with Crippen LogP contribution < -0.4 is 0 Å². The molecule has 1 nitrogen and oxygen atoms in total. The Morgan fingerprint density at radius 2 is 1.75 bits per heavy atom. The summed E-state index contributed by atoms with van der Waals surface area (Å²) in [5.41, 5.74) is 4.37. The van der Waals surface area contributed by atoms with E-state index >= 15 is 0 Å². The molecule has 3 rings (SSSR count). The first-order chi connectivity index (χ1) is 9.72. The lowest BCUT2D eigenvalue weighted by Gasteiger charge is -2.34. The predicted octanol–water partition coefficient (Wildman–Crippen LogP) is 4.33. The molecule has 2 heteroatoms. The van der Waals surface area contributed by atoms with Gasteiger partial charge in [-0.25, -0.2) is 0 Å². The van der Waals surface area contributed by atoms with Crippen LogP contribution in [-0.4, -0.2) is 17.5 Å². The number of hydrogen-bond acceptors (Lipinski definition) is 1. The zero-order valence-electron chi connectivity index (χ0n) is 11.8. The van der Waals surface area contributed by atoms with Crippen molar-refractivity contribution in [2.75, 3.05) is 6.54 Å². The molecular weight excluding hydrogens is 266 g/mol. The highest BCUT2D eigenvalue weighted by molar-refractivity contribution is 6.30. The van der Waals surface area contributed by atoms with Crippen LogP contribution in [0.1, 0.15) is 23.6 Å². The number of benzene rings is 2. The number of nitrogens with zero attached hydrogens (tertiary/aromatic N) is 1. The van der Waals surface area contributed by atoms with Crippen LogP contribution in [0.5, 0.6) is 0 Å². The summed E-state index contributed by atoms with van der Waals surface area (Å²) in [6.45, 7) is 4.51. The van der Waals surface area contributed by atoms with Gasteiger partial charge in [-0.1, -0.05) is 48.0 Å². The summed E-state index contributed by atoms with van der Waals surface area (Å²) in [7, 11) is 0. The second kappa shape index (κ2) is 5.99. The highest BCUT2D eigenvalue weighted by Crippen LogP contribution is 2.23. The standard InChI is InChI=1S/C18H20ClN/c1-14-12-16-4-2-3-5-17(16)13-20(14)11-10-15-6-8-18(19)9-7-15/h2-9,14H,10-13H2,1H3. The smallest absolute Gasteiger partial charge is 0.0406 e. The van der Waals surface area contributed by atoms with E-state index in [9.17, 15) is 0 Å². The van der Waals surface area contributed by atoms with E-state index in [-0.39, 0.29) is 0 Å². The molecule has 0 fully saturated rings. The lowest BCUT2D eigenvalue weighted by molar-refractivity contribution is 0.186. The van der Waals surface area contributed by atoms with Crippen LogP contribution in [0.15, 0.2) is 48.5 Å². The van der Waals surface area contributed by atoms with Crippen molar-refractivity contribution in [3.63, 3.8) is 0 Å². The maximum absolute atomic E-state index is 5.93. The summed E-state index contributed by atoms with van der Waals surface area (Å²) in [4.78, 5) is 2.58. The Bertz CT molecular complexity index is 576. The van der Waals surface area contributed by atoms with E-state index in [0.717, 1.165) is 31.0 Å². The van der Waals surface area contributed by atoms with Crippen molar-refractivity contribution in [1.29, 1.82) is 0 Å². The first-order valence-corrected chi connectivity index (χ1v) is 7.65. The van der Waals surface area contributed by atoms with Crippen molar-refractivity contribution in [3.8, 4) is 0 Å². The van der Waals surface area contributed by atoms with Gasteiger partial charge in [0, 0.05) is 24.2 Å². The second-order valence-corrected chi connectivity index (χ2v) is 6.11. The van der Waals surface area contributed by atoms with Crippen LogP contribution in [0.2, 0.25) is 5.02 Å². The molecule has 1 atom stereocenters. The highest BCUT2D eigenvalue weighted by Gasteiger charge is 2.21. The van der Waals surface area contributed by atoms with Gasteiger partial charge in [0.2, 0.25) is 0 Å². The first kappa shape index (κ1) is 13.7. The molecule has 0 radical (unpaired) electrons. The van der Waals surface area contributed by atoms with E-state index in [0.29, 0.717) is 6.04 Å². The normalized spacial score (nSPS) is 18.8. The summed E-state index contributed by atoms with van der Waals surface area (Å²) >= 11 is 5.93. The molecule has 20 heavy (non-hydrogen) atoms. The molecule has 0 spiro atoms. The molecular formula is C18H20ClN. The summed E-state index contributed by atoms with van der Waals surface area (Å²) in [5, 5.41) is 0.814. The predicted molar refractivity (Wildman–Crippen MR) is 85.2 cm³/mol. The molecule has 1 unspecified atom stereocenters. The number of halogens is 1. The van der Waals surface area contributed by atoms with E-state index in [1.807, 2.05) is 12.1 Å². The molecule has 1 heterocycles. The van der Waals surface area contributed by atoms with Gasteiger partial charge in [-0.05, 0) is 48.6 Å². The van der Waals surface area contributed by atoms with Crippen LogP contribution in [0, 0.1) is 0 Å². The molecule has 0 aromatic heterocycles. The third-order valence-electron chi connectivity index (χ3n) is 4.23. The summed E-state index contributed by atoms with van der Waals surface area (Å²) in [6.07, 6.45) is 2.25. The molecule has 1 aliphatic heterocycles. The van der Waals surface area contributed by atoms with E-state index in [2.05, 4.69) is 48.2 Å². The number of hydrogen-bond donors (Lipinski definition) is 0. The zero-order chi connectivity index (χ0) is 13.9. The fourth-order valence-electron chi connectivity index (χ4n) is 2.96. The Morgan fingerprint density at radius 3 is 2.50 bits per heavy atom. The Morgan fingerprint density at radius 1 is 1.05 bits per heavy atom. The quantitative estimate of drug-likeness (QED) is 0.811. The molecule has 2 aromatic rings. The average molecular weight is 286 g/mol. The van der Waals surface area contributed by atoms with Gasteiger partial charge in [-0.15, -0.1) is 0 Å². The Labute approximate surface area is 126 Å². The van der Waals surface area contributed by atoms with Crippen molar-refractivity contribution < 1.29 is 0 Å². The summed E-state index contributed by atoms with van der Waals surface area (Å²) in [5.74, 6) is 0. The van der Waals surface area contributed by atoms with Gasteiger partial charge in [-0.2, -0.15) is 0 Å². The largest absolute Gasteiger partial charge is 0.296 e. The minimum Gasteiger partial charge on any atom is -0.296 e. The van der Waals surface area contributed by atoms with Gasteiger partial charge in [0.05, 0.1) is 0 Å². The third kappa shape index (κ3) is 3.05. The summed E-state index contributed by atoms with van der Waals surface area (Å²) in [6, 6.07) is 17.7. The van der Waals surface area contributed by atoms with E-state index < -0.39 is 0 Å². The number of fused-ring (bicyclic) bond motifs is 1. The lowest BCUT2D eigenvalue weighted by atomic mass is 9.94. The van der Waals surface area contributed by atoms with Gasteiger partial charge in [0.15, 0.2) is 0 Å². The van der Waals surface area contributed by atoms with Crippen LogP contribution in [-0.2, 0) is 19.4 Å². The fourth-order valence-corrected chi connectivity index (χ4v) is 3.08. The first-order valence-electron chi connectivity index (χ1n) is 7.27. The molecule has 0 amide bonds. The average Bonchev–Trinajstić information content (AvgIpc) is 2.47. The lowest BCUT2D eigenvalue weighted by Crippen LogP contribution is -2.39. The molecule has 0 bridgehead atoms. The van der Waals surface area contributed by atoms with Crippen molar-refractivity contribution in [3.05, 3.63) is 70.2 Å². The van der Waals surface area contributed by atoms with Gasteiger partial charge in [-0.3, -0.25) is 4.90 Å². The molecule has 0 saturated carbocycles. The topological polar surface area (TPSA) is 3.24 Å². The SMILES string of the molecule is CC1Cc2ccccc2CN1CCc1ccc(Cl)cc1. The second-order valence-electron chi connectivity index (χ2n) is 5.67. The maximum Gasteiger partial charge on any atom is 0.0406 e.